The normalized spacial score (nSPS) is 16.8. The number of hydrogen-bond acceptors (Lipinski definition) is 3. The second-order valence-corrected chi connectivity index (χ2v) is 8.28. The predicted molar refractivity (Wildman–Crippen MR) is 114 cm³/mol. The van der Waals surface area contributed by atoms with Crippen LogP contribution in [0.1, 0.15) is 53.0 Å². The highest BCUT2D eigenvalue weighted by Crippen LogP contribution is 2.34. The zero-order valence-electron chi connectivity index (χ0n) is 17.4. The minimum atomic E-state index is -0.146. The number of furan rings is 1. The molecule has 0 aliphatic carbocycles. The largest absolute Gasteiger partial charge is 0.455 e. The van der Waals surface area contributed by atoms with Crippen LogP contribution in [-0.4, -0.2) is 28.5 Å². The van der Waals surface area contributed by atoms with Gasteiger partial charge in [0, 0.05) is 31.5 Å². The average Bonchev–Trinajstić information content (AvgIpc) is 3.35. The number of hydrogen-bond donors (Lipinski definition) is 1. The van der Waals surface area contributed by atoms with E-state index in [1.807, 2.05) is 6.07 Å². The summed E-state index contributed by atoms with van der Waals surface area (Å²) in [5.74, 6) is 1.46. The number of nitrogens with one attached hydrogen (secondary N) is 1. The number of amides is 1. The number of fused-ring (bicyclic) bond motifs is 1. The standard InChI is InChI=1S/C24H29N3O2/c1-17(2)15-25-24(28)22-10-9-20(29-22)16-27-13-12-26-11-5-8-21(26)23(27)19-7-4-6-18(3)14-19/h4-11,14,17,23H,12-13,15-16H2,1-3H3,(H,25,28)/t23-/m1/s1. The van der Waals surface area contributed by atoms with E-state index >= 15 is 0 Å². The number of rotatable bonds is 6. The van der Waals surface area contributed by atoms with Gasteiger partial charge in [0.1, 0.15) is 5.76 Å². The number of aryl methyl sites for hydroxylation is 1. The van der Waals surface area contributed by atoms with Gasteiger partial charge in [-0.05, 0) is 42.7 Å². The molecule has 0 radical (unpaired) electrons. The Hall–Kier alpha value is -2.79. The molecule has 0 saturated heterocycles. The molecular weight excluding hydrogens is 362 g/mol. The van der Waals surface area contributed by atoms with E-state index in [1.54, 1.807) is 6.07 Å². The first-order valence-corrected chi connectivity index (χ1v) is 10.3. The van der Waals surface area contributed by atoms with Crippen LogP contribution in [0.4, 0.5) is 0 Å². The lowest BCUT2D eigenvalue weighted by Gasteiger charge is -2.37. The summed E-state index contributed by atoms with van der Waals surface area (Å²) in [5.41, 5.74) is 3.84. The van der Waals surface area contributed by atoms with Crippen molar-refractivity contribution in [1.82, 2.24) is 14.8 Å². The van der Waals surface area contributed by atoms with E-state index < -0.39 is 0 Å². The molecule has 1 aliphatic heterocycles. The first-order valence-electron chi connectivity index (χ1n) is 10.3. The van der Waals surface area contributed by atoms with Gasteiger partial charge in [-0.25, -0.2) is 0 Å². The van der Waals surface area contributed by atoms with Crippen molar-refractivity contribution >= 4 is 5.91 Å². The van der Waals surface area contributed by atoms with Crippen molar-refractivity contribution in [3.63, 3.8) is 0 Å². The third-order valence-corrected chi connectivity index (χ3v) is 5.41. The fraction of sp³-hybridized carbons (Fsp3) is 0.375. The van der Waals surface area contributed by atoms with Crippen molar-refractivity contribution in [1.29, 1.82) is 0 Å². The number of aromatic nitrogens is 1. The Labute approximate surface area is 172 Å². The highest BCUT2D eigenvalue weighted by Gasteiger charge is 2.29. The lowest BCUT2D eigenvalue weighted by atomic mass is 9.98. The van der Waals surface area contributed by atoms with E-state index in [0.29, 0.717) is 24.8 Å². The molecule has 1 atom stereocenters. The first-order chi connectivity index (χ1) is 14.0. The van der Waals surface area contributed by atoms with Crippen molar-refractivity contribution < 1.29 is 9.21 Å². The van der Waals surface area contributed by atoms with Gasteiger partial charge in [0.25, 0.3) is 5.91 Å². The summed E-state index contributed by atoms with van der Waals surface area (Å²) < 4.78 is 8.23. The quantitative estimate of drug-likeness (QED) is 0.678. The number of benzene rings is 1. The Kier molecular flexibility index (Phi) is 5.58. The Bertz CT molecular complexity index is 985. The molecule has 5 heteroatoms. The highest BCUT2D eigenvalue weighted by atomic mass is 16.4. The van der Waals surface area contributed by atoms with E-state index in [0.717, 1.165) is 18.8 Å². The third kappa shape index (κ3) is 4.30. The SMILES string of the molecule is Cc1cccc([C@@H]2c3cccn3CCN2Cc2ccc(C(=O)NCC(C)C)o2)c1. The first kappa shape index (κ1) is 19.5. The maximum atomic E-state index is 12.3. The van der Waals surface area contributed by atoms with Gasteiger partial charge in [-0.15, -0.1) is 0 Å². The number of carbonyl (C=O) groups is 1. The Morgan fingerprint density at radius 1 is 1.17 bits per heavy atom. The van der Waals surface area contributed by atoms with Crippen LogP contribution < -0.4 is 5.32 Å². The second kappa shape index (κ2) is 8.29. The highest BCUT2D eigenvalue weighted by molar-refractivity contribution is 5.91. The van der Waals surface area contributed by atoms with Crippen molar-refractivity contribution in [2.75, 3.05) is 13.1 Å². The van der Waals surface area contributed by atoms with Crippen molar-refractivity contribution in [2.45, 2.75) is 39.9 Å². The van der Waals surface area contributed by atoms with Gasteiger partial charge in [-0.2, -0.15) is 0 Å². The molecule has 2 aromatic heterocycles. The Morgan fingerprint density at radius 2 is 2.03 bits per heavy atom. The molecule has 3 heterocycles. The molecule has 1 N–H and O–H groups in total. The molecule has 1 aliphatic rings. The molecule has 3 aromatic rings. The second-order valence-electron chi connectivity index (χ2n) is 8.28. The third-order valence-electron chi connectivity index (χ3n) is 5.41. The van der Waals surface area contributed by atoms with Gasteiger partial charge in [-0.1, -0.05) is 43.7 Å². The van der Waals surface area contributed by atoms with E-state index in [4.69, 9.17) is 4.42 Å². The molecule has 152 valence electrons. The molecule has 0 fully saturated rings. The lowest BCUT2D eigenvalue weighted by Crippen LogP contribution is -2.37. The van der Waals surface area contributed by atoms with Crippen LogP contribution in [0, 0.1) is 12.8 Å². The summed E-state index contributed by atoms with van der Waals surface area (Å²) in [5, 5.41) is 2.92. The van der Waals surface area contributed by atoms with Crippen LogP contribution in [0.25, 0.3) is 0 Å². The molecule has 0 unspecified atom stereocenters. The van der Waals surface area contributed by atoms with E-state index in [2.05, 4.69) is 78.2 Å². The summed E-state index contributed by atoms with van der Waals surface area (Å²) >= 11 is 0. The fourth-order valence-corrected chi connectivity index (χ4v) is 3.99. The van der Waals surface area contributed by atoms with Gasteiger partial charge >= 0.3 is 0 Å². The van der Waals surface area contributed by atoms with Gasteiger partial charge in [0.05, 0.1) is 12.6 Å². The van der Waals surface area contributed by atoms with Crippen LogP contribution in [0.15, 0.2) is 59.1 Å². The molecule has 0 spiro atoms. The molecule has 1 amide bonds. The van der Waals surface area contributed by atoms with Gasteiger partial charge < -0.3 is 14.3 Å². The van der Waals surface area contributed by atoms with Crippen LogP contribution in [-0.2, 0) is 13.1 Å². The topological polar surface area (TPSA) is 50.4 Å². The molecule has 0 saturated carbocycles. The summed E-state index contributed by atoms with van der Waals surface area (Å²) in [6, 6.07) is 16.9. The van der Waals surface area contributed by atoms with Crippen LogP contribution >= 0.6 is 0 Å². The molecule has 0 bridgehead atoms. The Morgan fingerprint density at radius 3 is 2.83 bits per heavy atom. The van der Waals surface area contributed by atoms with Crippen molar-refractivity contribution in [2.24, 2.45) is 5.92 Å². The minimum absolute atomic E-state index is 0.146. The maximum absolute atomic E-state index is 12.3. The average molecular weight is 392 g/mol. The van der Waals surface area contributed by atoms with E-state index in [9.17, 15) is 4.79 Å². The van der Waals surface area contributed by atoms with Gasteiger partial charge in [0.15, 0.2) is 5.76 Å². The van der Waals surface area contributed by atoms with Crippen LogP contribution in [0.3, 0.4) is 0 Å². The zero-order valence-corrected chi connectivity index (χ0v) is 17.4. The van der Waals surface area contributed by atoms with Crippen molar-refractivity contribution in [3.8, 4) is 0 Å². The number of nitrogens with zero attached hydrogens (tertiary/aromatic N) is 2. The molecular formula is C24H29N3O2. The molecule has 5 nitrogen and oxygen atoms in total. The smallest absolute Gasteiger partial charge is 0.287 e. The van der Waals surface area contributed by atoms with Crippen molar-refractivity contribution in [3.05, 3.63) is 83.1 Å². The molecule has 29 heavy (non-hydrogen) atoms. The van der Waals surface area contributed by atoms with E-state index in [-0.39, 0.29) is 11.9 Å². The van der Waals surface area contributed by atoms with E-state index in [1.165, 1.54) is 16.8 Å². The Balaban J connectivity index is 1.55. The van der Waals surface area contributed by atoms with Gasteiger partial charge in [0.2, 0.25) is 0 Å². The fourth-order valence-electron chi connectivity index (χ4n) is 3.99. The lowest BCUT2D eigenvalue weighted by molar-refractivity contribution is 0.0914. The summed E-state index contributed by atoms with van der Waals surface area (Å²) in [6.45, 7) is 9.47. The van der Waals surface area contributed by atoms with Crippen LogP contribution in [0.5, 0.6) is 0 Å². The summed E-state index contributed by atoms with van der Waals surface area (Å²) in [4.78, 5) is 14.7. The minimum Gasteiger partial charge on any atom is -0.455 e. The van der Waals surface area contributed by atoms with Crippen LogP contribution in [0.2, 0.25) is 0 Å². The monoisotopic (exact) mass is 391 g/mol. The molecule has 1 aromatic carbocycles. The summed E-state index contributed by atoms with van der Waals surface area (Å²) in [7, 11) is 0. The zero-order chi connectivity index (χ0) is 20.4. The predicted octanol–water partition coefficient (Wildman–Crippen LogP) is 4.38. The number of carbonyl (C=O) groups excluding carboxylic acids is 1. The molecule has 4 rings (SSSR count). The summed E-state index contributed by atoms with van der Waals surface area (Å²) in [6.07, 6.45) is 2.15. The maximum Gasteiger partial charge on any atom is 0.287 e. The van der Waals surface area contributed by atoms with Gasteiger partial charge in [-0.3, -0.25) is 9.69 Å².